The first-order valence-corrected chi connectivity index (χ1v) is 5.12. The van der Waals surface area contributed by atoms with E-state index >= 15 is 0 Å². The van der Waals surface area contributed by atoms with Gasteiger partial charge in [0.2, 0.25) is 0 Å². The van der Waals surface area contributed by atoms with Crippen molar-refractivity contribution in [3.8, 4) is 0 Å². The molecule has 0 saturated heterocycles. The fraction of sp³-hybridized carbons (Fsp3) is 0.273. The first kappa shape index (κ1) is 8.06. The van der Waals surface area contributed by atoms with Gasteiger partial charge in [0.05, 0.1) is 0 Å². The zero-order valence-corrected chi connectivity index (χ0v) is 8.58. The number of benzene rings is 1. The molecule has 1 aliphatic rings. The van der Waals surface area contributed by atoms with E-state index in [1.165, 1.54) is 11.1 Å². The summed E-state index contributed by atoms with van der Waals surface area (Å²) >= 11 is 3.62. The van der Waals surface area contributed by atoms with Crippen LogP contribution >= 0.6 is 15.9 Å². The van der Waals surface area contributed by atoms with Crippen LogP contribution in [0.5, 0.6) is 0 Å². The fourth-order valence-electron chi connectivity index (χ4n) is 1.68. The van der Waals surface area contributed by atoms with Crippen LogP contribution in [0.2, 0.25) is 0 Å². The quantitative estimate of drug-likeness (QED) is 0.638. The van der Waals surface area contributed by atoms with Gasteiger partial charge in [-0.1, -0.05) is 59.3 Å². The van der Waals surface area contributed by atoms with Gasteiger partial charge in [0, 0.05) is 10.7 Å². The maximum Gasteiger partial charge on any atom is 0.0221 e. The second-order valence-electron chi connectivity index (χ2n) is 3.19. The van der Waals surface area contributed by atoms with Crippen molar-refractivity contribution < 1.29 is 0 Å². The maximum absolute atomic E-state index is 3.62. The number of allylic oxidation sites excluding steroid dienone is 1. The third kappa shape index (κ3) is 1.22. The Kier molecular flexibility index (Phi) is 2.05. The summed E-state index contributed by atoms with van der Waals surface area (Å²) in [5.41, 5.74) is 2.82. The molecule has 0 aliphatic heterocycles. The van der Waals surface area contributed by atoms with Crippen molar-refractivity contribution in [1.29, 1.82) is 0 Å². The molecule has 0 amide bonds. The SMILES string of the molecule is CC(Br)C1C=Cc2ccccc21. The summed E-state index contributed by atoms with van der Waals surface area (Å²) in [4.78, 5) is 0.525. The Bertz CT molecular complexity index is 313. The molecule has 62 valence electrons. The highest BCUT2D eigenvalue weighted by molar-refractivity contribution is 9.09. The van der Waals surface area contributed by atoms with Gasteiger partial charge in [0.25, 0.3) is 0 Å². The molecule has 0 saturated carbocycles. The van der Waals surface area contributed by atoms with E-state index in [4.69, 9.17) is 0 Å². The lowest BCUT2D eigenvalue weighted by molar-refractivity contribution is 0.851. The van der Waals surface area contributed by atoms with Crippen LogP contribution in [0.1, 0.15) is 24.0 Å². The van der Waals surface area contributed by atoms with Gasteiger partial charge < -0.3 is 0 Å². The van der Waals surface area contributed by atoms with Crippen LogP contribution in [0.4, 0.5) is 0 Å². The topological polar surface area (TPSA) is 0 Å². The van der Waals surface area contributed by atoms with Crippen molar-refractivity contribution in [2.75, 3.05) is 0 Å². The molecule has 0 N–H and O–H groups in total. The smallest absolute Gasteiger partial charge is 0.0221 e. The molecule has 0 spiro atoms. The Balaban J connectivity index is 2.42. The Morgan fingerprint density at radius 2 is 2.08 bits per heavy atom. The average molecular weight is 223 g/mol. The average Bonchev–Trinajstić information content (AvgIpc) is 2.47. The number of hydrogen-bond acceptors (Lipinski definition) is 0. The zero-order chi connectivity index (χ0) is 8.55. The van der Waals surface area contributed by atoms with Crippen molar-refractivity contribution in [1.82, 2.24) is 0 Å². The molecule has 1 aromatic rings. The lowest BCUT2D eigenvalue weighted by Crippen LogP contribution is -2.03. The van der Waals surface area contributed by atoms with E-state index in [2.05, 4.69) is 59.3 Å². The highest BCUT2D eigenvalue weighted by Gasteiger charge is 2.19. The van der Waals surface area contributed by atoms with Gasteiger partial charge in [-0.3, -0.25) is 0 Å². The highest BCUT2D eigenvalue weighted by atomic mass is 79.9. The van der Waals surface area contributed by atoms with Gasteiger partial charge >= 0.3 is 0 Å². The number of hydrogen-bond donors (Lipinski definition) is 0. The summed E-state index contributed by atoms with van der Waals surface area (Å²) in [6.07, 6.45) is 4.47. The minimum atomic E-state index is 0.525. The summed E-state index contributed by atoms with van der Waals surface area (Å²) < 4.78 is 0. The zero-order valence-electron chi connectivity index (χ0n) is 7.00. The van der Waals surface area contributed by atoms with Gasteiger partial charge in [0.15, 0.2) is 0 Å². The van der Waals surface area contributed by atoms with Crippen molar-refractivity contribution in [2.24, 2.45) is 0 Å². The molecule has 2 unspecified atom stereocenters. The van der Waals surface area contributed by atoms with Gasteiger partial charge in [-0.25, -0.2) is 0 Å². The molecule has 0 aromatic heterocycles. The normalized spacial score (nSPS) is 22.3. The third-order valence-electron chi connectivity index (χ3n) is 2.33. The van der Waals surface area contributed by atoms with Gasteiger partial charge in [-0.15, -0.1) is 0 Å². The predicted octanol–water partition coefficient (Wildman–Crippen LogP) is 3.58. The Labute approximate surface area is 81.4 Å². The molecule has 0 nitrogen and oxygen atoms in total. The summed E-state index contributed by atoms with van der Waals surface area (Å²) in [6, 6.07) is 8.57. The molecule has 1 aliphatic carbocycles. The first-order chi connectivity index (χ1) is 5.79. The summed E-state index contributed by atoms with van der Waals surface area (Å²) in [6.45, 7) is 2.19. The Morgan fingerprint density at radius 1 is 1.33 bits per heavy atom. The molecule has 1 aromatic carbocycles. The lowest BCUT2D eigenvalue weighted by atomic mass is 9.99. The van der Waals surface area contributed by atoms with Crippen LogP contribution in [0.15, 0.2) is 30.3 Å². The molecule has 12 heavy (non-hydrogen) atoms. The van der Waals surface area contributed by atoms with E-state index < -0.39 is 0 Å². The second kappa shape index (κ2) is 3.06. The van der Waals surface area contributed by atoms with Gasteiger partial charge in [-0.05, 0) is 11.1 Å². The van der Waals surface area contributed by atoms with Crippen molar-refractivity contribution in [3.63, 3.8) is 0 Å². The largest absolute Gasteiger partial charge is 0.0884 e. The Morgan fingerprint density at radius 3 is 2.83 bits per heavy atom. The monoisotopic (exact) mass is 222 g/mol. The molecule has 0 bridgehead atoms. The molecule has 0 heterocycles. The lowest BCUT2D eigenvalue weighted by Gasteiger charge is -2.12. The van der Waals surface area contributed by atoms with E-state index in [9.17, 15) is 0 Å². The van der Waals surface area contributed by atoms with Crippen molar-refractivity contribution in [2.45, 2.75) is 17.7 Å². The van der Waals surface area contributed by atoms with Crippen LogP contribution in [-0.2, 0) is 0 Å². The van der Waals surface area contributed by atoms with Crippen LogP contribution in [-0.4, -0.2) is 4.83 Å². The minimum Gasteiger partial charge on any atom is -0.0884 e. The fourth-order valence-corrected chi connectivity index (χ4v) is 2.14. The van der Waals surface area contributed by atoms with Gasteiger partial charge in [0.1, 0.15) is 0 Å². The van der Waals surface area contributed by atoms with Gasteiger partial charge in [-0.2, -0.15) is 0 Å². The number of fused-ring (bicyclic) bond motifs is 1. The summed E-state index contributed by atoms with van der Waals surface area (Å²) in [5.74, 6) is 0.557. The van der Waals surface area contributed by atoms with E-state index in [1.54, 1.807) is 0 Å². The van der Waals surface area contributed by atoms with Crippen LogP contribution in [0, 0.1) is 0 Å². The molecular formula is C11H11Br. The minimum absolute atomic E-state index is 0.525. The second-order valence-corrected chi connectivity index (χ2v) is 4.64. The summed E-state index contributed by atoms with van der Waals surface area (Å²) in [5, 5.41) is 0. The molecule has 1 heteroatoms. The Hall–Kier alpha value is -0.560. The maximum atomic E-state index is 3.62. The van der Waals surface area contributed by atoms with E-state index in [-0.39, 0.29) is 0 Å². The van der Waals surface area contributed by atoms with E-state index in [0.29, 0.717) is 10.7 Å². The molecule has 2 rings (SSSR count). The molecule has 0 radical (unpaired) electrons. The predicted molar refractivity (Wildman–Crippen MR) is 56.6 cm³/mol. The summed E-state index contributed by atoms with van der Waals surface area (Å²) in [7, 11) is 0. The van der Waals surface area contributed by atoms with E-state index in [1.807, 2.05) is 0 Å². The number of halogens is 1. The van der Waals surface area contributed by atoms with Crippen LogP contribution in [0.3, 0.4) is 0 Å². The van der Waals surface area contributed by atoms with Crippen molar-refractivity contribution >= 4 is 22.0 Å². The van der Waals surface area contributed by atoms with Crippen LogP contribution < -0.4 is 0 Å². The molecule has 0 fully saturated rings. The number of alkyl halides is 1. The van der Waals surface area contributed by atoms with Crippen LogP contribution in [0.25, 0.3) is 6.08 Å². The van der Waals surface area contributed by atoms with Crippen molar-refractivity contribution in [3.05, 3.63) is 41.5 Å². The molecule has 2 atom stereocenters. The molecular weight excluding hydrogens is 212 g/mol. The highest BCUT2D eigenvalue weighted by Crippen LogP contribution is 2.34. The number of rotatable bonds is 1. The third-order valence-corrected chi connectivity index (χ3v) is 2.90. The standard InChI is InChI=1S/C11H11Br/c1-8(12)10-7-6-9-4-2-3-5-11(9)10/h2-8,10H,1H3. The van der Waals surface area contributed by atoms with E-state index in [0.717, 1.165) is 0 Å². The first-order valence-electron chi connectivity index (χ1n) is 4.20.